The predicted molar refractivity (Wildman–Crippen MR) is 85.9 cm³/mol. The van der Waals surface area contributed by atoms with Gasteiger partial charge in [0.25, 0.3) is 5.69 Å². The highest BCUT2D eigenvalue weighted by atomic mass is 35.5. The normalized spacial score (nSPS) is 19.3. The number of sulfonamides is 1. The van der Waals surface area contributed by atoms with Gasteiger partial charge < -0.3 is 5.32 Å². The molecule has 1 heterocycles. The lowest BCUT2D eigenvalue weighted by Crippen LogP contribution is -2.38. The van der Waals surface area contributed by atoms with Crippen LogP contribution in [0.2, 0.25) is 5.02 Å². The van der Waals surface area contributed by atoms with E-state index in [1.54, 1.807) is 6.92 Å². The van der Waals surface area contributed by atoms with E-state index >= 15 is 0 Å². The Hall–Kier alpha value is -1.38. The summed E-state index contributed by atoms with van der Waals surface area (Å²) in [5.74, 6) is 0. The number of non-ortho nitro benzene ring substituents is 1. The molecule has 1 aromatic carbocycles. The predicted octanol–water partition coefficient (Wildman–Crippen LogP) is 2.39. The first-order chi connectivity index (χ1) is 10.2. The summed E-state index contributed by atoms with van der Waals surface area (Å²) in [4.78, 5) is 10.3. The number of hydrogen-bond acceptors (Lipinski definition) is 5. The molecule has 9 heteroatoms. The number of nitrogens with one attached hydrogen (secondary N) is 1. The lowest BCUT2D eigenvalue weighted by molar-refractivity contribution is -0.384. The van der Waals surface area contributed by atoms with E-state index in [1.807, 2.05) is 0 Å². The molecule has 7 nitrogen and oxygen atoms in total. The molecule has 0 radical (unpaired) electrons. The van der Waals surface area contributed by atoms with E-state index in [1.165, 1.54) is 22.7 Å². The number of benzene rings is 1. The second-order valence-corrected chi connectivity index (χ2v) is 7.77. The molecular formula is C13H18ClN3O4S. The molecule has 122 valence electrons. The molecule has 1 aliphatic rings. The van der Waals surface area contributed by atoms with Gasteiger partial charge in [0, 0.05) is 31.3 Å². The second kappa shape index (κ2) is 6.39. The number of nitro groups is 1. The smallest absolute Gasteiger partial charge is 0.271 e. The quantitative estimate of drug-likeness (QED) is 0.652. The number of halogens is 1. The monoisotopic (exact) mass is 347 g/mol. The van der Waals surface area contributed by atoms with Crippen molar-refractivity contribution in [2.45, 2.75) is 25.8 Å². The summed E-state index contributed by atoms with van der Waals surface area (Å²) in [7, 11) is -3.22. The van der Waals surface area contributed by atoms with Gasteiger partial charge in [-0.2, -0.15) is 4.31 Å². The summed E-state index contributed by atoms with van der Waals surface area (Å²) >= 11 is 6.09. The molecule has 1 N–H and O–H groups in total. The highest BCUT2D eigenvalue weighted by molar-refractivity contribution is 7.88. The van der Waals surface area contributed by atoms with Crippen LogP contribution < -0.4 is 5.32 Å². The molecule has 0 amide bonds. The zero-order chi connectivity index (χ0) is 16.5. The fourth-order valence-electron chi connectivity index (χ4n) is 2.72. The summed E-state index contributed by atoms with van der Waals surface area (Å²) in [6.45, 7) is 2.67. The van der Waals surface area contributed by atoms with E-state index in [-0.39, 0.29) is 16.8 Å². The number of nitro benzene ring substituents is 1. The van der Waals surface area contributed by atoms with Crippen LogP contribution in [-0.2, 0) is 10.0 Å². The van der Waals surface area contributed by atoms with Gasteiger partial charge in [-0.05, 0) is 25.3 Å². The molecule has 2 rings (SSSR count). The molecule has 22 heavy (non-hydrogen) atoms. The van der Waals surface area contributed by atoms with E-state index in [9.17, 15) is 18.5 Å². The third-order valence-corrected chi connectivity index (χ3v) is 5.38. The number of aryl methyl sites for hydroxylation is 1. The van der Waals surface area contributed by atoms with Crippen molar-refractivity contribution < 1.29 is 13.3 Å². The Morgan fingerprint density at radius 2 is 2.18 bits per heavy atom. The fourth-order valence-corrected chi connectivity index (χ4v) is 4.23. The number of anilines is 1. The van der Waals surface area contributed by atoms with Gasteiger partial charge in [-0.3, -0.25) is 10.1 Å². The zero-order valence-corrected chi connectivity index (χ0v) is 13.9. The van der Waals surface area contributed by atoms with Crippen molar-refractivity contribution in [1.82, 2.24) is 4.31 Å². The van der Waals surface area contributed by atoms with Gasteiger partial charge in [0.15, 0.2) is 0 Å². The van der Waals surface area contributed by atoms with Crippen LogP contribution in [0.4, 0.5) is 11.4 Å². The maximum atomic E-state index is 11.7. The van der Waals surface area contributed by atoms with E-state index in [0.29, 0.717) is 24.3 Å². The summed E-state index contributed by atoms with van der Waals surface area (Å²) in [5.41, 5.74) is 1.20. The Bertz CT molecular complexity index is 670. The van der Waals surface area contributed by atoms with Crippen molar-refractivity contribution in [1.29, 1.82) is 0 Å². The molecule has 0 spiro atoms. The van der Waals surface area contributed by atoms with Crippen LogP contribution in [-0.4, -0.2) is 43.0 Å². The Labute approximate surface area is 134 Å². The van der Waals surface area contributed by atoms with Crippen LogP contribution in [0.3, 0.4) is 0 Å². The lowest BCUT2D eigenvalue weighted by Gasteiger charge is -2.23. The number of nitrogens with zero attached hydrogens (tertiary/aromatic N) is 2. The highest BCUT2D eigenvalue weighted by Gasteiger charge is 2.31. The van der Waals surface area contributed by atoms with Crippen LogP contribution in [0.5, 0.6) is 0 Å². The molecule has 0 aromatic heterocycles. The molecular weight excluding hydrogens is 330 g/mol. The molecule has 0 aliphatic carbocycles. The van der Waals surface area contributed by atoms with Crippen molar-refractivity contribution in [2.75, 3.05) is 24.7 Å². The third kappa shape index (κ3) is 3.68. The standard InChI is InChI=1S/C13H18ClN3O4S/c1-9-6-11(17(18)19)7-12(14)13(9)15-8-10-4-3-5-16(10)22(2,20)21/h6-7,10,15H,3-5,8H2,1-2H3/t10-/m1/s1. The minimum absolute atomic E-state index is 0.0633. The average Bonchev–Trinajstić information content (AvgIpc) is 2.85. The maximum Gasteiger partial charge on any atom is 0.271 e. The van der Waals surface area contributed by atoms with Crippen molar-refractivity contribution in [3.05, 3.63) is 32.8 Å². The minimum atomic E-state index is -3.22. The van der Waals surface area contributed by atoms with Gasteiger partial charge in [0.05, 0.1) is 21.9 Å². The van der Waals surface area contributed by atoms with Gasteiger partial charge in [-0.25, -0.2) is 8.42 Å². The Morgan fingerprint density at radius 1 is 1.50 bits per heavy atom. The van der Waals surface area contributed by atoms with Crippen molar-refractivity contribution in [3.63, 3.8) is 0 Å². The average molecular weight is 348 g/mol. The van der Waals surface area contributed by atoms with Crippen LogP contribution >= 0.6 is 11.6 Å². The molecule has 1 fully saturated rings. The Morgan fingerprint density at radius 3 is 2.73 bits per heavy atom. The van der Waals surface area contributed by atoms with Crippen molar-refractivity contribution in [3.8, 4) is 0 Å². The zero-order valence-electron chi connectivity index (χ0n) is 12.4. The highest BCUT2D eigenvalue weighted by Crippen LogP contribution is 2.31. The summed E-state index contributed by atoms with van der Waals surface area (Å²) in [5, 5.41) is 14.2. The van der Waals surface area contributed by atoms with E-state index < -0.39 is 14.9 Å². The largest absolute Gasteiger partial charge is 0.382 e. The second-order valence-electron chi connectivity index (χ2n) is 5.43. The molecule has 0 saturated carbocycles. The summed E-state index contributed by atoms with van der Waals surface area (Å²) in [6, 6.07) is 2.61. The maximum absolute atomic E-state index is 11.7. The topological polar surface area (TPSA) is 92.6 Å². The van der Waals surface area contributed by atoms with Gasteiger partial charge >= 0.3 is 0 Å². The number of hydrogen-bond donors (Lipinski definition) is 1. The molecule has 0 unspecified atom stereocenters. The Balaban J connectivity index is 2.14. The van der Waals surface area contributed by atoms with E-state index in [2.05, 4.69) is 5.32 Å². The third-order valence-electron chi connectivity index (χ3n) is 3.75. The van der Waals surface area contributed by atoms with Crippen molar-refractivity contribution >= 4 is 33.0 Å². The van der Waals surface area contributed by atoms with Gasteiger partial charge in [0.1, 0.15) is 0 Å². The molecule has 0 bridgehead atoms. The lowest BCUT2D eigenvalue weighted by atomic mass is 10.1. The first-order valence-corrected chi connectivity index (χ1v) is 9.08. The summed E-state index contributed by atoms with van der Waals surface area (Å²) < 4.78 is 24.9. The van der Waals surface area contributed by atoms with E-state index in [0.717, 1.165) is 12.8 Å². The fraction of sp³-hybridized carbons (Fsp3) is 0.538. The molecule has 1 aromatic rings. The first-order valence-electron chi connectivity index (χ1n) is 6.85. The van der Waals surface area contributed by atoms with Gasteiger partial charge in [-0.15, -0.1) is 0 Å². The first kappa shape index (κ1) is 17.0. The SMILES string of the molecule is Cc1cc([N+](=O)[O-])cc(Cl)c1NC[C@H]1CCCN1S(C)(=O)=O. The molecule has 1 saturated heterocycles. The van der Waals surface area contributed by atoms with Crippen LogP contribution in [0, 0.1) is 17.0 Å². The summed E-state index contributed by atoms with van der Waals surface area (Å²) in [6.07, 6.45) is 2.81. The van der Waals surface area contributed by atoms with Crippen LogP contribution in [0.25, 0.3) is 0 Å². The van der Waals surface area contributed by atoms with Crippen LogP contribution in [0.1, 0.15) is 18.4 Å². The van der Waals surface area contributed by atoms with E-state index in [4.69, 9.17) is 11.6 Å². The van der Waals surface area contributed by atoms with Crippen molar-refractivity contribution in [2.24, 2.45) is 0 Å². The van der Waals surface area contributed by atoms with Gasteiger partial charge in [0.2, 0.25) is 10.0 Å². The van der Waals surface area contributed by atoms with Crippen LogP contribution in [0.15, 0.2) is 12.1 Å². The Kier molecular flexibility index (Phi) is 4.93. The molecule has 1 atom stereocenters. The number of rotatable bonds is 5. The van der Waals surface area contributed by atoms with Gasteiger partial charge in [-0.1, -0.05) is 11.6 Å². The molecule has 1 aliphatic heterocycles. The minimum Gasteiger partial charge on any atom is -0.382 e.